The van der Waals surface area contributed by atoms with Gasteiger partial charge in [-0.15, -0.1) is 0 Å². The third-order valence-corrected chi connectivity index (χ3v) is 4.10. The van der Waals surface area contributed by atoms with E-state index in [1.807, 2.05) is 0 Å². The van der Waals surface area contributed by atoms with Gasteiger partial charge in [0.05, 0.1) is 10.7 Å². The first-order valence-electron chi connectivity index (χ1n) is 7.24. The number of ether oxygens (including phenoxy) is 1. The van der Waals surface area contributed by atoms with Crippen molar-refractivity contribution < 1.29 is 14.6 Å². The molecule has 2 N–H and O–H groups in total. The van der Waals surface area contributed by atoms with Gasteiger partial charge in [0, 0.05) is 6.20 Å². The summed E-state index contributed by atoms with van der Waals surface area (Å²) in [5.41, 5.74) is 0.494. The molecule has 0 aliphatic heterocycles. The molecule has 3 aromatic rings. The summed E-state index contributed by atoms with van der Waals surface area (Å²) in [4.78, 5) is 12.2. The third-order valence-electron chi connectivity index (χ3n) is 3.29. The number of rotatable bonds is 5. The lowest BCUT2D eigenvalue weighted by Crippen LogP contribution is -2.14. The number of nitrogens with one attached hydrogen (secondary N) is 1. The van der Waals surface area contributed by atoms with Crippen molar-refractivity contribution in [2.45, 2.75) is 6.73 Å². The van der Waals surface area contributed by atoms with Gasteiger partial charge in [-0.2, -0.15) is 5.10 Å². The second kappa shape index (κ2) is 7.46. The van der Waals surface area contributed by atoms with Crippen LogP contribution >= 0.6 is 23.2 Å². The van der Waals surface area contributed by atoms with Gasteiger partial charge in [-0.3, -0.25) is 4.79 Å². The standard InChI is InChI=1S/C17H13Cl2N3O3/c18-11-4-3-7-15(16(11)19)25-10-22-9-8-13(21-22)17(24)20-12-5-1-2-6-14(12)23/h1-9,23H,10H2,(H,20,24). The number of phenols is 1. The summed E-state index contributed by atoms with van der Waals surface area (Å²) in [7, 11) is 0. The van der Waals surface area contributed by atoms with Crippen LogP contribution in [0, 0.1) is 0 Å². The van der Waals surface area contributed by atoms with Crippen molar-refractivity contribution in [2.24, 2.45) is 0 Å². The van der Waals surface area contributed by atoms with E-state index in [1.165, 1.54) is 16.8 Å². The predicted molar refractivity (Wildman–Crippen MR) is 95.4 cm³/mol. The zero-order valence-corrected chi connectivity index (χ0v) is 14.3. The Morgan fingerprint density at radius 1 is 1.16 bits per heavy atom. The van der Waals surface area contributed by atoms with E-state index in [-0.39, 0.29) is 18.2 Å². The van der Waals surface area contributed by atoms with Crippen LogP contribution in [0.15, 0.2) is 54.7 Å². The van der Waals surface area contributed by atoms with Crippen molar-refractivity contribution in [1.29, 1.82) is 0 Å². The molecule has 0 spiro atoms. The number of aromatic nitrogens is 2. The van der Waals surface area contributed by atoms with Gasteiger partial charge in [-0.05, 0) is 30.3 Å². The lowest BCUT2D eigenvalue weighted by molar-refractivity contribution is 0.102. The van der Waals surface area contributed by atoms with E-state index in [4.69, 9.17) is 27.9 Å². The van der Waals surface area contributed by atoms with Crippen LogP contribution in [-0.4, -0.2) is 20.8 Å². The number of benzene rings is 2. The Balaban J connectivity index is 1.65. The van der Waals surface area contributed by atoms with Crippen LogP contribution in [0.5, 0.6) is 11.5 Å². The number of hydrogen-bond donors (Lipinski definition) is 2. The van der Waals surface area contributed by atoms with Crippen LogP contribution in [-0.2, 0) is 6.73 Å². The molecule has 0 aliphatic carbocycles. The second-order valence-corrected chi connectivity index (χ2v) is 5.82. The summed E-state index contributed by atoms with van der Waals surface area (Å²) in [5.74, 6) is -0.0415. The second-order valence-electron chi connectivity index (χ2n) is 5.04. The summed E-state index contributed by atoms with van der Waals surface area (Å²) in [6, 6.07) is 13.0. The highest BCUT2D eigenvalue weighted by Gasteiger charge is 2.12. The molecular weight excluding hydrogens is 365 g/mol. The summed E-state index contributed by atoms with van der Waals surface area (Å²) in [6.45, 7) is 0.0595. The highest BCUT2D eigenvalue weighted by Crippen LogP contribution is 2.31. The van der Waals surface area contributed by atoms with E-state index < -0.39 is 5.91 Å². The number of halogens is 2. The Bertz CT molecular complexity index is 912. The van der Waals surface area contributed by atoms with Crippen molar-refractivity contribution in [3.8, 4) is 11.5 Å². The number of phenolic OH excluding ortho intramolecular Hbond substituents is 1. The van der Waals surface area contributed by atoms with E-state index in [0.29, 0.717) is 21.5 Å². The highest BCUT2D eigenvalue weighted by molar-refractivity contribution is 6.42. The SMILES string of the molecule is O=C(Nc1ccccc1O)c1ccn(COc2cccc(Cl)c2Cl)n1. The van der Waals surface area contributed by atoms with Gasteiger partial charge >= 0.3 is 0 Å². The average Bonchev–Trinajstić information content (AvgIpc) is 3.07. The number of para-hydroxylation sites is 2. The summed E-state index contributed by atoms with van der Waals surface area (Å²) in [6.07, 6.45) is 1.60. The topological polar surface area (TPSA) is 76.4 Å². The smallest absolute Gasteiger partial charge is 0.276 e. The van der Waals surface area contributed by atoms with Crippen LogP contribution in [0.25, 0.3) is 0 Å². The minimum Gasteiger partial charge on any atom is -0.506 e. The Morgan fingerprint density at radius 3 is 2.76 bits per heavy atom. The van der Waals surface area contributed by atoms with Crippen LogP contribution in [0.2, 0.25) is 10.0 Å². The molecule has 0 saturated heterocycles. The molecular formula is C17H13Cl2N3O3. The van der Waals surface area contributed by atoms with Crippen molar-refractivity contribution in [3.05, 3.63) is 70.5 Å². The number of aromatic hydroxyl groups is 1. The predicted octanol–water partition coefficient (Wildman–Crippen LogP) is 4.18. The molecule has 0 saturated carbocycles. The number of carbonyl (C=O) groups is 1. The summed E-state index contributed by atoms with van der Waals surface area (Å²) in [5, 5.41) is 17.1. The molecule has 0 atom stereocenters. The molecule has 0 fully saturated rings. The van der Waals surface area contributed by atoms with Gasteiger partial charge in [0.15, 0.2) is 12.4 Å². The Morgan fingerprint density at radius 2 is 1.96 bits per heavy atom. The summed E-state index contributed by atoms with van der Waals surface area (Å²) >= 11 is 12.0. The van der Waals surface area contributed by atoms with Gasteiger partial charge in [-0.25, -0.2) is 4.68 Å². The molecule has 1 aromatic heterocycles. The monoisotopic (exact) mass is 377 g/mol. The fourth-order valence-electron chi connectivity index (χ4n) is 2.05. The van der Waals surface area contributed by atoms with E-state index in [0.717, 1.165) is 0 Å². The van der Waals surface area contributed by atoms with E-state index in [2.05, 4.69) is 10.4 Å². The third kappa shape index (κ3) is 4.04. The summed E-state index contributed by atoms with van der Waals surface area (Å²) < 4.78 is 6.99. The van der Waals surface area contributed by atoms with Gasteiger partial charge < -0.3 is 15.2 Å². The Labute approximate surface area is 153 Å². The van der Waals surface area contributed by atoms with Crippen LogP contribution in [0.4, 0.5) is 5.69 Å². The number of nitrogens with zero attached hydrogens (tertiary/aromatic N) is 2. The molecule has 2 aromatic carbocycles. The maximum Gasteiger partial charge on any atom is 0.276 e. The first-order chi connectivity index (χ1) is 12.0. The van der Waals surface area contributed by atoms with Crippen LogP contribution in [0.1, 0.15) is 10.5 Å². The van der Waals surface area contributed by atoms with E-state index >= 15 is 0 Å². The highest BCUT2D eigenvalue weighted by atomic mass is 35.5. The molecule has 0 aliphatic rings. The van der Waals surface area contributed by atoms with Gasteiger partial charge in [0.25, 0.3) is 5.91 Å². The number of hydrogen-bond acceptors (Lipinski definition) is 4. The number of carbonyl (C=O) groups excluding carboxylic acids is 1. The van der Waals surface area contributed by atoms with Crippen molar-refractivity contribution in [3.63, 3.8) is 0 Å². The fraction of sp³-hybridized carbons (Fsp3) is 0.0588. The first-order valence-corrected chi connectivity index (χ1v) is 8.00. The molecule has 6 nitrogen and oxygen atoms in total. The minimum absolute atomic E-state index is 0.0192. The first kappa shape index (κ1) is 17.1. The zero-order chi connectivity index (χ0) is 17.8. The number of anilines is 1. The van der Waals surface area contributed by atoms with Crippen molar-refractivity contribution in [2.75, 3.05) is 5.32 Å². The van der Waals surface area contributed by atoms with E-state index in [9.17, 15) is 9.90 Å². The van der Waals surface area contributed by atoms with Gasteiger partial charge in [-0.1, -0.05) is 41.4 Å². The maximum absolute atomic E-state index is 12.2. The molecule has 0 radical (unpaired) electrons. The largest absolute Gasteiger partial charge is 0.506 e. The van der Waals surface area contributed by atoms with Crippen molar-refractivity contribution >= 4 is 34.8 Å². The van der Waals surface area contributed by atoms with E-state index in [1.54, 1.807) is 42.6 Å². The normalized spacial score (nSPS) is 10.5. The zero-order valence-electron chi connectivity index (χ0n) is 12.8. The molecule has 8 heteroatoms. The van der Waals surface area contributed by atoms with Crippen molar-refractivity contribution in [1.82, 2.24) is 9.78 Å². The Kier molecular flexibility index (Phi) is 5.11. The maximum atomic E-state index is 12.2. The average molecular weight is 378 g/mol. The molecule has 1 heterocycles. The molecule has 128 valence electrons. The lowest BCUT2D eigenvalue weighted by Gasteiger charge is -2.08. The molecule has 0 bridgehead atoms. The van der Waals surface area contributed by atoms with Gasteiger partial charge in [0.1, 0.15) is 16.5 Å². The quantitative estimate of drug-likeness (QED) is 0.653. The van der Waals surface area contributed by atoms with Crippen LogP contribution < -0.4 is 10.1 Å². The molecule has 3 rings (SSSR count). The minimum atomic E-state index is -0.443. The van der Waals surface area contributed by atoms with Gasteiger partial charge in [0.2, 0.25) is 0 Å². The number of amides is 1. The molecule has 25 heavy (non-hydrogen) atoms. The molecule has 0 unspecified atom stereocenters. The molecule has 1 amide bonds. The lowest BCUT2D eigenvalue weighted by atomic mass is 10.3. The Hall–Kier alpha value is -2.70. The fourth-order valence-corrected chi connectivity index (χ4v) is 2.40. The van der Waals surface area contributed by atoms with Crippen LogP contribution in [0.3, 0.4) is 0 Å².